The standard InChI is InChI=1S/C11H17BrN2S/c1-8(15-3)6-7-13-11-5-4-10(12)9(2)14-11/h4-5,8H,6-7H2,1-3H3,(H,13,14). The van der Waals surface area contributed by atoms with Gasteiger partial charge in [0.2, 0.25) is 0 Å². The van der Waals surface area contributed by atoms with Crippen LogP contribution < -0.4 is 5.32 Å². The molecule has 0 saturated heterocycles. The van der Waals surface area contributed by atoms with Crippen LogP contribution >= 0.6 is 27.7 Å². The zero-order chi connectivity index (χ0) is 11.3. The Labute approximate surface area is 104 Å². The number of hydrogen-bond donors (Lipinski definition) is 1. The van der Waals surface area contributed by atoms with Crippen molar-refractivity contribution >= 4 is 33.5 Å². The predicted molar refractivity (Wildman–Crippen MR) is 72.8 cm³/mol. The molecule has 84 valence electrons. The molecule has 1 heterocycles. The molecule has 0 saturated carbocycles. The Hall–Kier alpha value is -0.220. The maximum Gasteiger partial charge on any atom is 0.126 e. The van der Waals surface area contributed by atoms with Crippen molar-refractivity contribution in [2.24, 2.45) is 0 Å². The summed E-state index contributed by atoms with van der Waals surface area (Å²) in [6.45, 7) is 5.22. The van der Waals surface area contributed by atoms with Gasteiger partial charge in [0.15, 0.2) is 0 Å². The van der Waals surface area contributed by atoms with Gasteiger partial charge in [-0.3, -0.25) is 0 Å². The maximum atomic E-state index is 4.43. The average molecular weight is 289 g/mol. The van der Waals surface area contributed by atoms with E-state index in [-0.39, 0.29) is 0 Å². The van der Waals surface area contributed by atoms with Crippen LogP contribution in [0.1, 0.15) is 19.0 Å². The summed E-state index contributed by atoms with van der Waals surface area (Å²) in [5, 5.41) is 4.04. The van der Waals surface area contributed by atoms with Crippen LogP contribution in [0.25, 0.3) is 0 Å². The second-order valence-corrected chi connectivity index (χ2v) is 5.66. The Morgan fingerprint density at radius 1 is 1.53 bits per heavy atom. The van der Waals surface area contributed by atoms with Crippen LogP contribution in [0.15, 0.2) is 16.6 Å². The van der Waals surface area contributed by atoms with E-state index in [1.54, 1.807) is 0 Å². The molecule has 1 N–H and O–H groups in total. The van der Waals surface area contributed by atoms with E-state index < -0.39 is 0 Å². The Kier molecular flexibility index (Phi) is 5.47. The quantitative estimate of drug-likeness (QED) is 0.894. The molecule has 1 aromatic heterocycles. The zero-order valence-corrected chi connectivity index (χ0v) is 11.8. The summed E-state index contributed by atoms with van der Waals surface area (Å²) in [6.07, 6.45) is 3.31. The van der Waals surface area contributed by atoms with Gasteiger partial charge >= 0.3 is 0 Å². The lowest BCUT2D eigenvalue weighted by Crippen LogP contribution is -2.08. The van der Waals surface area contributed by atoms with Crippen LogP contribution in [-0.4, -0.2) is 23.0 Å². The summed E-state index contributed by atoms with van der Waals surface area (Å²) in [6, 6.07) is 4.03. The third kappa shape index (κ3) is 4.43. The number of aromatic nitrogens is 1. The summed E-state index contributed by atoms with van der Waals surface area (Å²) >= 11 is 5.34. The molecule has 4 heteroatoms. The van der Waals surface area contributed by atoms with Crippen molar-refractivity contribution in [3.05, 3.63) is 22.3 Å². The summed E-state index contributed by atoms with van der Waals surface area (Å²) < 4.78 is 1.06. The van der Waals surface area contributed by atoms with Gasteiger partial charge in [-0.25, -0.2) is 4.98 Å². The smallest absolute Gasteiger partial charge is 0.126 e. The molecule has 0 amide bonds. The third-order valence-electron chi connectivity index (χ3n) is 2.28. The van der Waals surface area contributed by atoms with E-state index in [1.165, 1.54) is 0 Å². The predicted octanol–water partition coefficient (Wildman–Crippen LogP) is 3.71. The lowest BCUT2D eigenvalue weighted by atomic mass is 10.3. The molecule has 0 fully saturated rings. The van der Waals surface area contributed by atoms with Gasteiger partial charge in [0.05, 0.1) is 5.69 Å². The number of hydrogen-bond acceptors (Lipinski definition) is 3. The lowest BCUT2D eigenvalue weighted by molar-refractivity contribution is 0.849. The van der Waals surface area contributed by atoms with E-state index in [2.05, 4.69) is 39.4 Å². The number of rotatable bonds is 5. The molecule has 0 aromatic carbocycles. The van der Waals surface area contributed by atoms with Crippen molar-refractivity contribution in [2.75, 3.05) is 18.1 Å². The first-order valence-corrected chi connectivity index (χ1v) is 7.11. The first-order chi connectivity index (χ1) is 7.13. The molecule has 0 radical (unpaired) electrons. The number of anilines is 1. The minimum atomic E-state index is 0.703. The fourth-order valence-electron chi connectivity index (χ4n) is 1.16. The molecular formula is C11H17BrN2S. The second kappa shape index (κ2) is 6.38. The Morgan fingerprint density at radius 3 is 2.87 bits per heavy atom. The summed E-state index contributed by atoms with van der Waals surface area (Å²) in [4.78, 5) is 4.43. The number of nitrogens with one attached hydrogen (secondary N) is 1. The van der Waals surface area contributed by atoms with Gasteiger partial charge in [-0.05, 0) is 47.7 Å². The molecule has 2 nitrogen and oxygen atoms in total. The van der Waals surface area contributed by atoms with Crippen molar-refractivity contribution in [2.45, 2.75) is 25.5 Å². The normalized spacial score (nSPS) is 12.5. The highest BCUT2D eigenvalue weighted by molar-refractivity contribution is 9.10. The van der Waals surface area contributed by atoms with Crippen molar-refractivity contribution in [3.8, 4) is 0 Å². The summed E-state index contributed by atoms with van der Waals surface area (Å²) in [7, 11) is 0. The highest BCUT2D eigenvalue weighted by Crippen LogP contribution is 2.16. The monoisotopic (exact) mass is 288 g/mol. The zero-order valence-electron chi connectivity index (χ0n) is 9.38. The molecule has 1 atom stereocenters. The Bertz CT molecular complexity index is 317. The van der Waals surface area contributed by atoms with Gasteiger partial charge in [-0.2, -0.15) is 11.8 Å². The molecule has 15 heavy (non-hydrogen) atoms. The SMILES string of the molecule is CSC(C)CCNc1ccc(Br)c(C)n1. The minimum Gasteiger partial charge on any atom is -0.370 e. The van der Waals surface area contributed by atoms with Crippen molar-refractivity contribution < 1.29 is 0 Å². The fourth-order valence-corrected chi connectivity index (χ4v) is 1.74. The van der Waals surface area contributed by atoms with E-state index in [9.17, 15) is 0 Å². The molecule has 0 aliphatic rings. The van der Waals surface area contributed by atoms with Crippen molar-refractivity contribution in [3.63, 3.8) is 0 Å². The summed E-state index contributed by atoms with van der Waals surface area (Å²) in [5.41, 5.74) is 1.03. The van der Waals surface area contributed by atoms with E-state index in [1.807, 2.05) is 30.8 Å². The average Bonchev–Trinajstić information content (AvgIpc) is 2.23. The number of pyridine rings is 1. The van der Waals surface area contributed by atoms with Gasteiger partial charge in [0, 0.05) is 16.3 Å². The van der Waals surface area contributed by atoms with Crippen LogP contribution in [0, 0.1) is 6.92 Å². The number of aryl methyl sites for hydroxylation is 1. The van der Waals surface area contributed by atoms with Gasteiger partial charge in [-0.15, -0.1) is 0 Å². The molecule has 0 spiro atoms. The topological polar surface area (TPSA) is 24.9 Å². The van der Waals surface area contributed by atoms with E-state index in [0.29, 0.717) is 5.25 Å². The van der Waals surface area contributed by atoms with Gasteiger partial charge < -0.3 is 5.32 Å². The lowest BCUT2D eigenvalue weighted by Gasteiger charge is -2.10. The van der Waals surface area contributed by atoms with Crippen LogP contribution in [0.3, 0.4) is 0 Å². The van der Waals surface area contributed by atoms with Gasteiger partial charge in [0.25, 0.3) is 0 Å². The Morgan fingerprint density at radius 2 is 2.27 bits per heavy atom. The number of thioether (sulfide) groups is 1. The summed E-state index contributed by atoms with van der Waals surface area (Å²) in [5.74, 6) is 0.962. The second-order valence-electron chi connectivity index (χ2n) is 3.53. The van der Waals surface area contributed by atoms with Crippen LogP contribution in [0.4, 0.5) is 5.82 Å². The van der Waals surface area contributed by atoms with Crippen LogP contribution in [-0.2, 0) is 0 Å². The molecule has 0 aliphatic carbocycles. The van der Waals surface area contributed by atoms with Crippen molar-refractivity contribution in [1.82, 2.24) is 4.98 Å². The fraction of sp³-hybridized carbons (Fsp3) is 0.545. The highest BCUT2D eigenvalue weighted by Gasteiger charge is 2.01. The largest absolute Gasteiger partial charge is 0.370 e. The molecule has 0 bridgehead atoms. The highest BCUT2D eigenvalue weighted by atomic mass is 79.9. The number of nitrogens with zero attached hydrogens (tertiary/aromatic N) is 1. The van der Waals surface area contributed by atoms with Crippen LogP contribution in [0.2, 0.25) is 0 Å². The first kappa shape index (κ1) is 12.8. The molecular weight excluding hydrogens is 272 g/mol. The van der Waals surface area contributed by atoms with Crippen LogP contribution in [0.5, 0.6) is 0 Å². The molecule has 1 unspecified atom stereocenters. The Balaban J connectivity index is 2.41. The van der Waals surface area contributed by atoms with Gasteiger partial charge in [-0.1, -0.05) is 6.92 Å². The van der Waals surface area contributed by atoms with Crippen molar-refractivity contribution in [1.29, 1.82) is 0 Å². The third-order valence-corrected chi connectivity index (χ3v) is 4.16. The minimum absolute atomic E-state index is 0.703. The van der Waals surface area contributed by atoms with E-state index in [4.69, 9.17) is 0 Å². The molecule has 1 aromatic rings. The number of halogens is 1. The maximum absolute atomic E-state index is 4.43. The first-order valence-electron chi connectivity index (χ1n) is 5.03. The molecule has 1 rings (SSSR count). The van der Waals surface area contributed by atoms with E-state index in [0.717, 1.165) is 29.0 Å². The van der Waals surface area contributed by atoms with Gasteiger partial charge in [0.1, 0.15) is 5.82 Å². The van der Waals surface area contributed by atoms with E-state index >= 15 is 0 Å². The molecule has 0 aliphatic heterocycles.